The van der Waals surface area contributed by atoms with Gasteiger partial charge in [-0.05, 0) is 38.1 Å². The monoisotopic (exact) mass is 391 g/mol. The number of ether oxygens (including phenoxy) is 1. The zero-order valence-corrected chi connectivity index (χ0v) is 16.3. The first-order valence-corrected chi connectivity index (χ1v) is 9.36. The lowest BCUT2D eigenvalue weighted by Gasteiger charge is -2.28. The molecule has 1 saturated heterocycles. The second kappa shape index (κ2) is 8.27. The van der Waals surface area contributed by atoms with E-state index in [2.05, 4.69) is 35.1 Å². The fourth-order valence-corrected chi connectivity index (χ4v) is 3.07. The molecule has 4 rings (SSSR count). The number of carbonyl (C=O) groups is 1. The summed E-state index contributed by atoms with van der Waals surface area (Å²) in [6.45, 7) is 6.50. The van der Waals surface area contributed by atoms with Gasteiger partial charge in [0.1, 0.15) is 17.3 Å². The molecule has 0 saturated carbocycles. The van der Waals surface area contributed by atoms with Gasteiger partial charge in [-0.3, -0.25) is 15.1 Å². The number of pyridine rings is 2. The molecule has 1 aliphatic rings. The van der Waals surface area contributed by atoms with E-state index in [4.69, 9.17) is 4.74 Å². The number of anilines is 2. The van der Waals surface area contributed by atoms with E-state index in [1.165, 1.54) is 0 Å². The zero-order valence-electron chi connectivity index (χ0n) is 16.3. The molecule has 1 N–H and O–H groups in total. The second-order valence-corrected chi connectivity index (χ2v) is 6.60. The topological polar surface area (TPSA) is 106 Å². The highest BCUT2D eigenvalue weighted by atomic mass is 16.5. The summed E-state index contributed by atoms with van der Waals surface area (Å²) in [4.78, 5) is 36.6. The van der Waals surface area contributed by atoms with Crippen molar-refractivity contribution in [1.82, 2.24) is 24.9 Å². The van der Waals surface area contributed by atoms with Crippen molar-refractivity contribution in [1.29, 1.82) is 0 Å². The number of morpholine rings is 1. The number of rotatable bonds is 4. The molecule has 148 valence electrons. The van der Waals surface area contributed by atoms with Gasteiger partial charge < -0.3 is 9.64 Å². The smallest absolute Gasteiger partial charge is 0.259 e. The predicted molar refractivity (Wildman–Crippen MR) is 108 cm³/mol. The Kier molecular flexibility index (Phi) is 5.39. The Morgan fingerprint density at radius 2 is 1.86 bits per heavy atom. The summed E-state index contributed by atoms with van der Waals surface area (Å²) in [6, 6.07) is 9.10. The maximum Gasteiger partial charge on any atom is 0.259 e. The quantitative estimate of drug-likeness (QED) is 0.720. The van der Waals surface area contributed by atoms with Crippen LogP contribution in [0.3, 0.4) is 0 Å². The van der Waals surface area contributed by atoms with E-state index in [0.717, 1.165) is 18.9 Å². The lowest BCUT2D eigenvalue weighted by molar-refractivity contribution is 0.102. The number of aryl methyl sites for hydroxylation is 2. The summed E-state index contributed by atoms with van der Waals surface area (Å²) >= 11 is 0. The van der Waals surface area contributed by atoms with Gasteiger partial charge in [0.15, 0.2) is 5.82 Å². The number of nitrogens with one attached hydrogen (secondary N) is 1. The van der Waals surface area contributed by atoms with Crippen LogP contribution in [-0.2, 0) is 4.74 Å². The van der Waals surface area contributed by atoms with Crippen molar-refractivity contribution in [3.05, 3.63) is 53.6 Å². The fraction of sp³-hybridized carbons (Fsp3) is 0.300. The summed E-state index contributed by atoms with van der Waals surface area (Å²) in [5, 5.41) is 2.75. The van der Waals surface area contributed by atoms with Gasteiger partial charge in [-0.1, -0.05) is 6.07 Å². The number of carbonyl (C=O) groups excluding carboxylic acids is 1. The molecule has 0 bridgehead atoms. The van der Waals surface area contributed by atoms with Crippen molar-refractivity contribution in [2.45, 2.75) is 13.8 Å². The molecule has 0 radical (unpaired) electrons. The summed E-state index contributed by atoms with van der Waals surface area (Å²) in [5.41, 5.74) is 1.72. The van der Waals surface area contributed by atoms with Crippen LogP contribution in [-0.4, -0.2) is 57.1 Å². The Morgan fingerprint density at radius 3 is 2.59 bits per heavy atom. The number of hydrogen-bond acceptors (Lipinski definition) is 8. The standard InChI is InChI=1S/C20H21N7O2/c1-13-15(6-7-17(22-13)27-9-11-29-12-10-27)19(28)26-20-24-14(2)23-18(25-20)16-5-3-4-8-21-16/h3-8H,9-12H2,1-2H3,(H,23,24,25,26,28). The van der Waals surface area contributed by atoms with Crippen LogP contribution in [0.5, 0.6) is 0 Å². The Hall–Kier alpha value is -3.46. The first-order chi connectivity index (χ1) is 14.1. The summed E-state index contributed by atoms with van der Waals surface area (Å²) in [7, 11) is 0. The lowest BCUT2D eigenvalue weighted by Crippen LogP contribution is -2.36. The summed E-state index contributed by atoms with van der Waals surface area (Å²) in [5.74, 6) is 1.61. The second-order valence-electron chi connectivity index (χ2n) is 6.60. The van der Waals surface area contributed by atoms with Gasteiger partial charge in [0.05, 0.1) is 24.5 Å². The van der Waals surface area contributed by atoms with Gasteiger partial charge in [-0.15, -0.1) is 0 Å². The molecule has 4 heterocycles. The van der Waals surface area contributed by atoms with Crippen molar-refractivity contribution >= 4 is 17.7 Å². The number of aromatic nitrogens is 5. The van der Waals surface area contributed by atoms with Gasteiger partial charge in [0, 0.05) is 19.3 Å². The Balaban J connectivity index is 1.54. The minimum Gasteiger partial charge on any atom is -0.378 e. The maximum atomic E-state index is 12.8. The average molecular weight is 391 g/mol. The van der Waals surface area contributed by atoms with E-state index in [9.17, 15) is 4.79 Å². The van der Waals surface area contributed by atoms with Crippen molar-refractivity contribution in [3.8, 4) is 11.5 Å². The summed E-state index contributed by atoms with van der Waals surface area (Å²) < 4.78 is 5.37. The van der Waals surface area contributed by atoms with Crippen molar-refractivity contribution in [3.63, 3.8) is 0 Å². The Morgan fingerprint density at radius 1 is 1.03 bits per heavy atom. The third-order valence-corrected chi connectivity index (χ3v) is 4.52. The SMILES string of the molecule is Cc1nc(NC(=O)c2ccc(N3CCOCC3)nc2C)nc(-c2ccccn2)n1. The fourth-order valence-electron chi connectivity index (χ4n) is 3.07. The normalized spacial score (nSPS) is 13.9. The van der Waals surface area contributed by atoms with Crippen LogP contribution >= 0.6 is 0 Å². The van der Waals surface area contributed by atoms with Crippen LogP contribution in [0.25, 0.3) is 11.5 Å². The molecule has 0 unspecified atom stereocenters. The van der Waals surface area contributed by atoms with Crippen molar-refractivity contribution in [2.24, 2.45) is 0 Å². The molecule has 0 atom stereocenters. The van der Waals surface area contributed by atoms with E-state index < -0.39 is 0 Å². The Labute approximate surface area is 168 Å². The molecular weight excluding hydrogens is 370 g/mol. The maximum absolute atomic E-state index is 12.8. The third kappa shape index (κ3) is 4.35. The molecule has 29 heavy (non-hydrogen) atoms. The third-order valence-electron chi connectivity index (χ3n) is 4.52. The first-order valence-electron chi connectivity index (χ1n) is 9.36. The van der Waals surface area contributed by atoms with Crippen LogP contribution in [0.1, 0.15) is 21.9 Å². The molecule has 3 aromatic rings. The predicted octanol–water partition coefficient (Wildman–Crippen LogP) is 2.03. The van der Waals surface area contributed by atoms with Gasteiger partial charge in [-0.25, -0.2) is 9.97 Å². The molecule has 9 heteroatoms. The Bertz CT molecular complexity index is 1020. The van der Waals surface area contributed by atoms with E-state index in [0.29, 0.717) is 41.8 Å². The van der Waals surface area contributed by atoms with Crippen LogP contribution in [0.15, 0.2) is 36.5 Å². The molecule has 0 aromatic carbocycles. The minimum atomic E-state index is -0.318. The molecular formula is C20H21N7O2. The highest BCUT2D eigenvalue weighted by Crippen LogP contribution is 2.18. The first kappa shape index (κ1) is 18.9. The van der Waals surface area contributed by atoms with Crippen LogP contribution < -0.4 is 10.2 Å². The van der Waals surface area contributed by atoms with Crippen molar-refractivity contribution < 1.29 is 9.53 Å². The van der Waals surface area contributed by atoms with Gasteiger partial charge >= 0.3 is 0 Å². The molecule has 1 amide bonds. The highest BCUT2D eigenvalue weighted by Gasteiger charge is 2.17. The molecule has 0 spiro atoms. The molecule has 1 fully saturated rings. The van der Waals surface area contributed by atoms with Gasteiger partial charge in [0.25, 0.3) is 5.91 Å². The molecule has 9 nitrogen and oxygen atoms in total. The summed E-state index contributed by atoms with van der Waals surface area (Å²) in [6.07, 6.45) is 1.66. The zero-order chi connectivity index (χ0) is 20.2. The average Bonchev–Trinajstić information content (AvgIpc) is 2.74. The van der Waals surface area contributed by atoms with Gasteiger partial charge in [0.2, 0.25) is 5.95 Å². The van der Waals surface area contributed by atoms with E-state index in [1.807, 2.05) is 25.1 Å². The van der Waals surface area contributed by atoms with Crippen LogP contribution in [0.2, 0.25) is 0 Å². The van der Waals surface area contributed by atoms with E-state index in [-0.39, 0.29) is 11.9 Å². The highest BCUT2D eigenvalue weighted by molar-refractivity contribution is 6.04. The van der Waals surface area contributed by atoms with E-state index in [1.54, 1.807) is 25.3 Å². The van der Waals surface area contributed by atoms with E-state index >= 15 is 0 Å². The number of amides is 1. The van der Waals surface area contributed by atoms with Crippen molar-refractivity contribution in [2.75, 3.05) is 36.5 Å². The number of nitrogens with zero attached hydrogens (tertiary/aromatic N) is 6. The molecule has 3 aromatic heterocycles. The molecule has 1 aliphatic heterocycles. The van der Waals surface area contributed by atoms with Gasteiger partial charge in [-0.2, -0.15) is 9.97 Å². The van der Waals surface area contributed by atoms with Crippen LogP contribution in [0.4, 0.5) is 11.8 Å². The minimum absolute atomic E-state index is 0.180. The lowest BCUT2D eigenvalue weighted by atomic mass is 10.2. The van der Waals surface area contributed by atoms with Crippen LogP contribution in [0, 0.1) is 13.8 Å². The number of hydrogen-bond donors (Lipinski definition) is 1. The molecule has 0 aliphatic carbocycles. The largest absolute Gasteiger partial charge is 0.378 e.